The van der Waals surface area contributed by atoms with Crippen molar-refractivity contribution in [1.82, 2.24) is 4.90 Å². The third-order valence-corrected chi connectivity index (χ3v) is 7.54. The minimum absolute atomic E-state index is 0.116. The molecule has 1 fully saturated rings. The summed E-state index contributed by atoms with van der Waals surface area (Å²) in [6.45, 7) is 0.226. The lowest BCUT2D eigenvalue weighted by Crippen LogP contribution is -2.27. The van der Waals surface area contributed by atoms with Crippen molar-refractivity contribution in [3.05, 3.63) is 131 Å². The minimum atomic E-state index is -0.450. The highest BCUT2D eigenvalue weighted by atomic mass is 32.2. The first kappa shape index (κ1) is 23.9. The van der Waals surface area contributed by atoms with Gasteiger partial charge in [0.25, 0.3) is 11.1 Å². The molecule has 4 nitrogen and oxygen atoms in total. The molecule has 5 aromatic rings. The number of thioether (sulfide) groups is 1. The maximum Gasteiger partial charge on any atom is 0.293 e. The molecule has 0 bridgehead atoms. The van der Waals surface area contributed by atoms with Crippen molar-refractivity contribution in [2.75, 3.05) is 0 Å². The number of rotatable bonds is 6. The van der Waals surface area contributed by atoms with Gasteiger partial charge < -0.3 is 4.74 Å². The number of benzene rings is 5. The summed E-state index contributed by atoms with van der Waals surface area (Å²) in [5.74, 6) is -0.289. The summed E-state index contributed by atoms with van der Waals surface area (Å²) >= 11 is 0.856. The summed E-state index contributed by atoms with van der Waals surface area (Å²) in [7, 11) is 0. The van der Waals surface area contributed by atoms with Gasteiger partial charge in [-0.15, -0.1) is 0 Å². The van der Waals surface area contributed by atoms with Crippen LogP contribution in [0.15, 0.2) is 108 Å². The van der Waals surface area contributed by atoms with Crippen LogP contribution in [0.25, 0.3) is 27.6 Å². The molecule has 186 valence electrons. The first-order valence-corrected chi connectivity index (χ1v) is 13.0. The average molecular weight is 520 g/mol. The van der Waals surface area contributed by atoms with Gasteiger partial charge in [0.15, 0.2) is 0 Å². The highest BCUT2D eigenvalue weighted by Crippen LogP contribution is 2.38. The Morgan fingerprint density at radius 1 is 0.737 bits per heavy atom. The third-order valence-electron chi connectivity index (χ3n) is 6.63. The van der Waals surface area contributed by atoms with Crippen molar-refractivity contribution in [3.63, 3.8) is 0 Å². The zero-order valence-corrected chi connectivity index (χ0v) is 21.1. The molecule has 5 aromatic carbocycles. The molecule has 6 heteroatoms. The molecule has 0 saturated carbocycles. The molecule has 0 aliphatic carbocycles. The molecule has 1 saturated heterocycles. The summed E-state index contributed by atoms with van der Waals surface area (Å²) < 4.78 is 20.5. The number of hydrogen-bond donors (Lipinski definition) is 0. The van der Waals surface area contributed by atoms with E-state index in [0.717, 1.165) is 49.3 Å². The monoisotopic (exact) mass is 519 g/mol. The van der Waals surface area contributed by atoms with Gasteiger partial charge in [-0.1, -0.05) is 91.0 Å². The number of carbonyl (C=O) groups excluding carboxylic acids is 2. The lowest BCUT2D eigenvalue weighted by molar-refractivity contribution is -0.123. The molecule has 0 unspecified atom stereocenters. The smallest absolute Gasteiger partial charge is 0.293 e. The zero-order valence-electron chi connectivity index (χ0n) is 20.3. The number of imide groups is 1. The van der Waals surface area contributed by atoms with Gasteiger partial charge in [-0.25, -0.2) is 4.39 Å². The van der Waals surface area contributed by atoms with E-state index in [2.05, 4.69) is 18.2 Å². The Labute approximate surface area is 223 Å². The Morgan fingerprint density at radius 3 is 2.21 bits per heavy atom. The van der Waals surface area contributed by atoms with Gasteiger partial charge >= 0.3 is 0 Å². The van der Waals surface area contributed by atoms with Gasteiger partial charge in [0.05, 0.1) is 11.4 Å². The summed E-state index contributed by atoms with van der Waals surface area (Å²) in [6, 6.07) is 32.1. The Morgan fingerprint density at radius 2 is 1.39 bits per heavy atom. The van der Waals surface area contributed by atoms with Crippen LogP contribution in [0.3, 0.4) is 0 Å². The first-order chi connectivity index (χ1) is 18.6. The van der Waals surface area contributed by atoms with Gasteiger partial charge in [-0.3, -0.25) is 14.5 Å². The quantitative estimate of drug-likeness (QED) is 0.214. The van der Waals surface area contributed by atoms with Crippen LogP contribution >= 0.6 is 11.8 Å². The van der Waals surface area contributed by atoms with Crippen LogP contribution in [0.5, 0.6) is 5.75 Å². The normalized spacial score (nSPS) is 14.7. The van der Waals surface area contributed by atoms with E-state index in [1.807, 2.05) is 60.7 Å². The molecule has 0 radical (unpaired) electrons. The highest BCUT2D eigenvalue weighted by Gasteiger charge is 2.35. The van der Waals surface area contributed by atoms with Gasteiger partial charge in [-0.2, -0.15) is 0 Å². The topological polar surface area (TPSA) is 46.6 Å². The van der Waals surface area contributed by atoms with E-state index in [0.29, 0.717) is 17.9 Å². The van der Waals surface area contributed by atoms with E-state index < -0.39 is 17.0 Å². The fraction of sp³-hybridized carbons (Fsp3) is 0.0625. The Hall–Kier alpha value is -4.42. The fourth-order valence-electron chi connectivity index (χ4n) is 4.69. The van der Waals surface area contributed by atoms with Gasteiger partial charge in [-0.05, 0) is 57.1 Å². The molecule has 1 aliphatic rings. The van der Waals surface area contributed by atoms with E-state index >= 15 is 0 Å². The van der Waals surface area contributed by atoms with Crippen molar-refractivity contribution < 1.29 is 18.7 Å². The molecular weight excluding hydrogens is 497 g/mol. The second-order valence-electron chi connectivity index (χ2n) is 8.98. The maximum absolute atomic E-state index is 14.2. The molecule has 0 atom stereocenters. The van der Waals surface area contributed by atoms with Crippen LogP contribution in [-0.4, -0.2) is 16.0 Å². The number of hydrogen-bond acceptors (Lipinski definition) is 4. The van der Waals surface area contributed by atoms with Crippen molar-refractivity contribution in [3.8, 4) is 5.75 Å². The number of amides is 2. The van der Waals surface area contributed by atoms with Gasteiger partial charge in [0.2, 0.25) is 0 Å². The predicted octanol–water partition coefficient (Wildman–Crippen LogP) is 7.95. The fourth-order valence-corrected chi connectivity index (χ4v) is 5.51. The molecule has 2 amide bonds. The van der Waals surface area contributed by atoms with Crippen LogP contribution in [0, 0.1) is 5.82 Å². The van der Waals surface area contributed by atoms with E-state index in [-0.39, 0.29) is 11.4 Å². The third kappa shape index (κ3) is 4.55. The van der Waals surface area contributed by atoms with E-state index in [4.69, 9.17) is 4.74 Å². The van der Waals surface area contributed by atoms with Crippen molar-refractivity contribution in [2.24, 2.45) is 0 Å². The number of halogens is 1. The SMILES string of the molecule is O=C1S/C(=C\c2c(OCc3cccc4ccccc34)ccc3ccccc23)C(=O)N1Cc1ccccc1F. The lowest BCUT2D eigenvalue weighted by atomic mass is 10.0. The van der Waals surface area contributed by atoms with E-state index in [1.165, 1.54) is 6.07 Å². The summed E-state index contributed by atoms with van der Waals surface area (Å²) in [5.41, 5.74) is 2.06. The van der Waals surface area contributed by atoms with Crippen LogP contribution in [-0.2, 0) is 17.9 Å². The Balaban J connectivity index is 1.35. The maximum atomic E-state index is 14.2. The van der Waals surface area contributed by atoms with Gasteiger partial charge in [0, 0.05) is 11.1 Å². The Bertz CT molecular complexity index is 1740. The molecular formula is C32H22FNO3S. The number of fused-ring (bicyclic) bond motifs is 2. The van der Waals surface area contributed by atoms with Crippen LogP contribution < -0.4 is 4.74 Å². The standard InChI is InChI=1S/C32H22FNO3S/c33-28-15-6-3-10-23(28)19-34-31(35)30(38-32(34)36)18-27-26-14-5-2-9-22(26)16-17-29(27)37-20-24-12-7-11-21-8-1-4-13-25(21)24/h1-18H,19-20H2/b30-18-. The molecule has 6 rings (SSSR count). The average Bonchev–Trinajstić information content (AvgIpc) is 3.21. The van der Waals surface area contributed by atoms with Crippen LogP contribution in [0.2, 0.25) is 0 Å². The second-order valence-corrected chi connectivity index (χ2v) is 9.98. The molecule has 1 heterocycles. The lowest BCUT2D eigenvalue weighted by Gasteiger charge is -2.14. The zero-order chi connectivity index (χ0) is 26.1. The molecule has 0 aromatic heterocycles. The largest absolute Gasteiger partial charge is 0.488 e. The van der Waals surface area contributed by atoms with Crippen molar-refractivity contribution in [2.45, 2.75) is 13.2 Å². The van der Waals surface area contributed by atoms with Gasteiger partial charge in [0.1, 0.15) is 18.2 Å². The molecule has 38 heavy (non-hydrogen) atoms. The molecule has 0 spiro atoms. The van der Waals surface area contributed by atoms with E-state index in [1.54, 1.807) is 24.3 Å². The minimum Gasteiger partial charge on any atom is -0.488 e. The number of ether oxygens (including phenoxy) is 1. The molecule has 0 N–H and O–H groups in total. The first-order valence-electron chi connectivity index (χ1n) is 12.2. The summed E-state index contributed by atoms with van der Waals surface area (Å²) in [4.78, 5) is 27.4. The summed E-state index contributed by atoms with van der Waals surface area (Å²) in [5, 5.41) is 3.72. The van der Waals surface area contributed by atoms with Crippen LogP contribution in [0.4, 0.5) is 9.18 Å². The van der Waals surface area contributed by atoms with E-state index in [9.17, 15) is 14.0 Å². The van der Waals surface area contributed by atoms with Crippen molar-refractivity contribution >= 4 is 50.5 Å². The Kier molecular flexibility index (Phi) is 6.40. The number of nitrogens with zero attached hydrogens (tertiary/aromatic N) is 1. The molecule has 1 aliphatic heterocycles. The number of carbonyl (C=O) groups is 2. The second kappa shape index (κ2) is 10.1. The summed E-state index contributed by atoms with van der Waals surface area (Å²) in [6.07, 6.45) is 1.72. The predicted molar refractivity (Wildman–Crippen MR) is 150 cm³/mol. The highest BCUT2D eigenvalue weighted by molar-refractivity contribution is 8.18. The van der Waals surface area contributed by atoms with Crippen molar-refractivity contribution in [1.29, 1.82) is 0 Å². The van der Waals surface area contributed by atoms with Crippen LogP contribution in [0.1, 0.15) is 16.7 Å².